The van der Waals surface area contributed by atoms with Gasteiger partial charge in [0.1, 0.15) is 63.9 Å². The summed E-state index contributed by atoms with van der Waals surface area (Å²) in [5, 5.41) is 21.3. The number of fused-ring (bicyclic) bond motifs is 5. The summed E-state index contributed by atoms with van der Waals surface area (Å²) in [7, 11) is 6.73. The normalized spacial score (nSPS) is 16.0. The van der Waals surface area contributed by atoms with Gasteiger partial charge in [0, 0.05) is 33.4 Å². The number of aldehydes is 1. The number of carboxylic acids is 1. The Balaban J connectivity index is 0.000000195. The maximum absolute atomic E-state index is 13.9. The monoisotopic (exact) mass is 1340 g/mol. The second-order valence-electron chi connectivity index (χ2n) is 22.4. The Labute approximate surface area is 563 Å². The minimum absolute atomic E-state index is 0.00964. The van der Waals surface area contributed by atoms with Crippen LogP contribution in [0.4, 0.5) is 34.1 Å². The summed E-state index contributed by atoms with van der Waals surface area (Å²) in [5.74, 6) is -6.30. The average molecular weight is 1340 g/mol. The highest BCUT2D eigenvalue weighted by Gasteiger charge is 2.40. The Kier molecular flexibility index (Phi) is 25.5. The maximum Gasteiger partial charge on any atom is 0.325 e. The molecule has 512 valence electrons. The van der Waals surface area contributed by atoms with E-state index in [9.17, 15) is 57.5 Å². The van der Waals surface area contributed by atoms with E-state index < -0.39 is 84.6 Å². The number of carboxylic acid groups (broad SMARTS) is 1. The van der Waals surface area contributed by atoms with E-state index >= 15 is 0 Å². The van der Waals surface area contributed by atoms with Crippen LogP contribution in [-0.4, -0.2) is 195 Å². The van der Waals surface area contributed by atoms with Crippen molar-refractivity contribution in [1.82, 2.24) is 16.0 Å². The van der Waals surface area contributed by atoms with Gasteiger partial charge in [-0.05, 0) is 81.7 Å². The van der Waals surface area contributed by atoms with E-state index in [4.69, 9.17) is 29.8 Å². The first kappa shape index (κ1) is 72.5. The van der Waals surface area contributed by atoms with E-state index in [0.717, 1.165) is 32.0 Å². The van der Waals surface area contributed by atoms with Crippen LogP contribution in [0.3, 0.4) is 0 Å². The zero-order chi connectivity index (χ0) is 70.6. The number of nitrogens with two attached hydrogens (primary N) is 1. The molecule has 0 saturated heterocycles. The lowest BCUT2D eigenvalue weighted by Crippen LogP contribution is -2.55. The van der Waals surface area contributed by atoms with Gasteiger partial charge < -0.3 is 70.0 Å². The molecule has 0 unspecified atom stereocenters. The topological polar surface area (TPSA) is 353 Å². The van der Waals surface area contributed by atoms with Crippen LogP contribution in [0.15, 0.2) is 158 Å². The van der Waals surface area contributed by atoms with Crippen molar-refractivity contribution in [2.24, 2.45) is 5.73 Å². The first-order chi connectivity index (χ1) is 47.2. The number of ether oxygens (including phenoxy) is 5. The van der Waals surface area contributed by atoms with Crippen LogP contribution in [0.5, 0.6) is 0 Å². The van der Waals surface area contributed by atoms with Gasteiger partial charge in [0.05, 0.1) is 80.4 Å². The number of methoxy groups -OCH3 is 5. The van der Waals surface area contributed by atoms with Crippen LogP contribution in [0.25, 0.3) is 21.5 Å². The van der Waals surface area contributed by atoms with Crippen molar-refractivity contribution in [3.05, 3.63) is 169 Å². The van der Waals surface area contributed by atoms with Crippen LogP contribution >= 0.6 is 0 Å². The number of carbonyl (C=O) groups is 12. The Bertz CT molecular complexity index is 4130. The molecule has 7 aromatic rings. The molecule has 0 aromatic heterocycles. The SMILES string of the molecule is COCC(=O)N1C[C@H](N)C(=O)N(CC(=O)OC)c2ccccc21.COCC(=O)N1C[C@H](NC(=O)c2ccc3ccccc3c2)C(=O)N(CC(=O)N[C@H](C=O)CC(=O)O)c2ccccc21.COCC(=O)N1C[C@H](NCc2ccc3ccccc3c2)C(=O)N(CC(=O)OC)c2ccccc21. The quantitative estimate of drug-likeness (QED) is 0.0509. The van der Waals surface area contributed by atoms with Crippen molar-refractivity contribution in [3.63, 3.8) is 0 Å². The van der Waals surface area contributed by atoms with Gasteiger partial charge in [-0.2, -0.15) is 0 Å². The van der Waals surface area contributed by atoms with E-state index in [0.29, 0.717) is 46.8 Å². The second kappa shape index (κ2) is 34.4. The molecule has 10 rings (SSSR count). The summed E-state index contributed by atoms with van der Waals surface area (Å²) in [4.78, 5) is 158. The zero-order valence-corrected chi connectivity index (χ0v) is 54.3. The number of nitrogens with one attached hydrogen (secondary N) is 3. The summed E-state index contributed by atoms with van der Waals surface area (Å²) in [5.41, 5.74) is 9.65. The average Bonchev–Trinajstić information content (AvgIpc) is 1.64. The zero-order valence-electron chi connectivity index (χ0n) is 54.3. The first-order valence-corrected chi connectivity index (χ1v) is 30.7. The molecule has 98 heavy (non-hydrogen) atoms. The standard InChI is InChI=1S/C29H28N4O8.C26H27N3O5.C15H19N3O5/c1-41-17-26(36)32-14-22(31-28(39)20-11-10-18-6-2-3-7-19(18)12-20)29(40)33(24-9-5-4-8-23(24)32)15-25(35)30-21(16-34)13-27(37)38;1-33-17-24(30)28-15-21(27-14-18-11-12-19-7-3-4-8-20(19)13-18)26(32)29(16-25(31)34-2)23-10-6-5-9-22(23)28;1-22-9-13(19)17-7-10(16)15(21)18(8-14(20)23-2)12-6-4-3-5-11(12)17/h2-12,16,21-22H,13-15,17H2,1H3,(H,30,35)(H,31,39)(H,37,38);3-13,21,27H,14-17H2,1-2H3;3-6,10H,7-9,16H2,1-2H3/t21-,22-;21-;10-/m000/s1. The molecule has 4 atom stereocenters. The summed E-state index contributed by atoms with van der Waals surface area (Å²) < 4.78 is 24.4. The predicted octanol–water partition coefficient (Wildman–Crippen LogP) is 3.13. The third kappa shape index (κ3) is 18.0. The van der Waals surface area contributed by atoms with Gasteiger partial charge in [0.15, 0.2) is 0 Å². The maximum atomic E-state index is 13.9. The number of anilines is 6. The van der Waals surface area contributed by atoms with E-state index in [1.807, 2.05) is 60.7 Å². The van der Waals surface area contributed by atoms with Crippen molar-refractivity contribution in [3.8, 4) is 0 Å². The van der Waals surface area contributed by atoms with E-state index in [-0.39, 0.29) is 76.0 Å². The number of carbonyl (C=O) groups excluding carboxylic acids is 11. The van der Waals surface area contributed by atoms with Crippen molar-refractivity contribution in [2.75, 3.05) is 124 Å². The van der Waals surface area contributed by atoms with Gasteiger partial charge in [0.2, 0.25) is 17.7 Å². The minimum Gasteiger partial charge on any atom is -0.481 e. The number of amides is 8. The molecule has 28 nitrogen and oxygen atoms in total. The minimum atomic E-state index is -1.31. The van der Waals surface area contributed by atoms with E-state index in [2.05, 4.69) is 26.8 Å². The van der Waals surface area contributed by atoms with Crippen LogP contribution < -0.4 is 51.1 Å². The van der Waals surface area contributed by atoms with Crippen LogP contribution in [0.1, 0.15) is 22.3 Å². The van der Waals surface area contributed by atoms with Gasteiger partial charge in [-0.15, -0.1) is 0 Å². The summed E-state index contributed by atoms with van der Waals surface area (Å²) in [6.45, 7) is -1.41. The lowest BCUT2D eigenvalue weighted by atomic mass is 10.1. The van der Waals surface area contributed by atoms with Crippen molar-refractivity contribution < 1.29 is 86.3 Å². The molecule has 0 fully saturated rings. The summed E-state index contributed by atoms with van der Waals surface area (Å²) >= 11 is 0. The fourth-order valence-corrected chi connectivity index (χ4v) is 11.1. The highest BCUT2D eigenvalue weighted by atomic mass is 16.5. The molecule has 3 aliphatic heterocycles. The van der Waals surface area contributed by atoms with E-state index in [1.165, 1.54) is 66.1 Å². The van der Waals surface area contributed by atoms with Crippen molar-refractivity contribution in [2.45, 2.75) is 37.1 Å². The Morgan fingerprint density at radius 3 is 1.39 bits per heavy atom. The number of rotatable bonds is 21. The molecule has 28 heteroatoms. The number of hydrogen-bond donors (Lipinski definition) is 5. The number of nitrogens with zero attached hydrogens (tertiary/aromatic N) is 6. The number of hydrogen-bond acceptors (Lipinski definition) is 19. The number of aliphatic carboxylic acids is 1. The molecular weight excluding hydrogens is 1270 g/mol. The van der Waals surface area contributed by atoms with Crippen LogP contribution in [-0.2, 0) is 83.0 Å². The summed E-state index contributed by atoms with van der Waals surface area (Å²) in [6, 6.07) is 42.6. The largest absolute Gasteiger partial charge is 0.481 e. The predicted molar refractivity (Wildman–Crippen MR) is 361 cm³/mol. The second-order valence-corrected chi connectivity index (χ2v) is 22.4. The fraction of sp³-hybridized carbons (Fsp3) is 0.286. The van der Waals surface area contributed by atoms with Gasteiger partial charge in [-0.3, -0.25) is 67.4 Å². The number of para-hydroxylation sites is 6. The van der Waals surface area contributed by atoms with Crippen LogP contribution in [0.2, 0.25) is 0 Å². The molecule has 0 spiro atoms. The highest BCUT2D eigenvalue weighted by Crippen LogP contribution is 2.36. The molecule has 0 aliphatic carbocycles. The van der Waals surface area contributed by atoms with E-state index in [1.54, 1.807) is 84.9 Å². The summed E-state index contributed by atoms with van der Waals surface area (Å²) in [6.07, 6.45) is -0.342. The highest BCUT2D eigenvalue weighted by molar-refractivity contribution is 6.13. The third-order valence-electron chi connectivity index (χ3n) is 15.8. The third-order valence-corrected chi connectivity index (χ3v) is 15.8. The Hall–Kier alpha value is -11.3. The molecule has 0 bridgehead atoms. The molecular formula is C70H74N10O18. The number of esters is 2. The molecule has 8 amide bonds. The van der Waals surface area contributed by atoms with Gasteiger partial charge in [0.25, 0.3) is 29.5 Å². The lowest BCUT2D eigenvalue weighted by Gasteiger charge is -2.25. The molecule has 0 saturated carbocycles. The smallest absolute Gasteiger partial charge is 0.325 e. The Morgan fingerprint density at radius 2 is 0.918 bits per heavy atom. The van der Waals surface area contributed by atoms with Crippen molar-refractivity contribution >= 4 is 127 Å². The molecule has 3 aliphatic rings. The lowest BCUT2D eigenvalue weighted by molar-refractivity contribution is -0.140. The van der Waals surface area contributed by atoms with Gasteiger partial charge in [-0.1, -0.05) is 103 Å². The van der Waals surface area contributed by atoms with Crippen molar-refractivity contribution in [1.29, 1.82) is 0 Å². The molecule has 6 N–H and O–H groups in total. The van der Waals surface area contributed by atoms with Gasteiger partial charge >= 0.3 is 17.9 Å². The molecule has 3 heterocycles. The van der Waals surface area contributed by atoms with Gasteiger partial charge in [-0.25, -0.2) is 0 Å². The van der Waals surface area contributed by atoms with Crippen LogP contribution in [0, 0.1) is 0 Å². The Morgan fingerprint density at radius 1 is 0.510 bits per heavy atom. The fourth-order valence-electron chi connectivity index (χ4n) is 11.1. The first-order valence-electron chi connectivity index (χ1n) is 30.7. The molecule has 7 aromatic carbocycles. The number of benzene rings is 7. The molecule has 0 radical (unpaired) electrons.